The van der Waals surface area contributed by atoms with Gasteiger partial charge < -0.3 is 15.5 Å². The number of para-hydroxylation sites is 1. The standard InChI is InChI=1S/C18H18N2O2/c1-2-10-20-14-8-4-3-6-12(14)17-11-15(21)18-13(19)7-5-9-16(18)22-17/h3-9,11,20H,2,10,19H2,1H3. The van der Waals surface area contributed by atoms with Gasteiger partial charge in [-0.25, -0.2) is 0 Å². The molecule has 3 rings (SSSR count). The van der Waals surface area contributed by atoms with Gasteiger partial charge in [-0.1, -0.05) is 25.1 Å². The van der Waals surface area contributed by atoms with E-state index in [1.54, 1.807) is 18.2 Å². The maximum absolute atomic E-state index is 12.4. The molecule has 0 amide bonds. The van der Waals surface area contributed by atoms with Gasteiger partial charge in [-0.15, -0.1) is 0 Å². The third-order valence-electron chi connectivity index (χ3n) is 3.54. The number of fused-ring (bicyclic) bond motifs is 1. The van der Waals surface area contributed by atoms with Gasteiger partial charge >= 0.3 is 0 Å². The lowest BCUT2D eigenvalue weighted by Gasteiger charge is -2.11. The Labute approximate surface area is 128 Å². The second-order valence-electron chi connectivity index (χ2n) is 5.17. The van der Waals surface area contributed by atoms with Crippen molar-refractivity contribution in [2.24, 2.45) is 0 Å². The Morgan fingerprint density at radius 3 is 2.77 bits per heavy atom. The highest BCUT2D eigenvalue weighted by Gasteiger charge is 2.11. The Hall–Kier alpha value is -2.75. The fourth-order valence-corrected chi connectivity index (χ4v) is 2.48. The molecule has 0 aliphatic carbocycles. The fourth-order valence-electron chi connectivity index (χ4n) is 2.48. The summed E-state index contributed by atoms with van der Waals surface area (Å²) in [6.45, 7) is 2.97. The van der Waals surface area contributed by atoms with Gasteiger partial charge in [0.05, 0.1) is 5.39 Å². The number of hydrogen-bond donors (Lipinski definition) is 2. The number of anilines is 2. The van der Waals surface area contributed by atoms with Crippen molar-refractivity contribution in [1.82, 2.24) is 0 Å². The summed E-state index contributed by atoms with van der Waals surface area (Å²) in [6, 6.07) is 14.6. The Balaban J connectivity index is 2.17. The topological polar surface area (TPSA) is 68.3 Å². The number of nitrogen functional groups attached to an aromatic ring is 1. The van der Waals surface area contributed by atoms with Gasteiger partial charge in [0.1, 0.15) is 11.3 Å². The number of benzene rings is 2. The van der Waals surface area contributed by atoms with E-state index in [1.807, 2.05) is 24.3 Å². The van der Waals surface area contributed by atoms with Crippen LogP contribution in [0, 0.1) is 0 Å². The molecule has 4 heteroatoms. The van der Waals surface area contributed by atoms with Crippen LogP contribution in [-0.4, -0.2) is 6.54 Å². The van der Waals surface area contributed by atoms with Gasteiger partial charge in [-0.2, -0.15) is 0 Å². The van der Waals surface area contributed by atoms with E-state index in [4.69, 9.17) is 10.2 Å². The van der Waals surface area contributed by atoms with Crippen molar-refractivity contribution < 1.29 is 4.42 Å². The van der Waals surface area contributed by atoms with E-state index in [-0.39, 0.29) is 5.43 Å². The van der Waals surface area contributed by atoms with Crippen LogP contribution in [0.4, 0.5) is 11.4 Å². The Kier molecular flexibility index (Phi) is 3.83. The molecule has 1 heterocycles. The van der Waals surface area contributed by atoms with E-state index in [2.05, 4.69) is 12.2 Å². The molecule has 1 aromatic heterocycles. The molecule has 0 radical (unpaired) electrons. The second-order valence-corrected chi connectivity index (χ2v) is 5.17. The highest BCUT2D eigenvalue weighted by atomic mass is 16.3. The fraction of sp³-hybridized carbons (Fsp3) is 0.167. The van der Waals surface area contributed by atoms with Gasteiger partial charge in [-0.05, 0) is 30.7 Å². The van der Waals surface area contributed by atoms with Gasteiger partial charge in [-0.3, -0.25) is 4.79 Å². The zero-order valence-corrected chi connectivity index (χ0v) is 12.4. The van der Waals surface area contributed by atoms with Gasteiger partial charge in [0, 0.05) is 29.5 Å². The maximum Gasteiger partial charge on any atom is 0.195 e. The minimum Gasteiger partial charge on any atom is -0.456 e. The number of hydrogen-bond acceptors (Lipinski definition) is 4. The molecule has 0 aliphatic rings. The monoisotopic (exact) mass is 294 g/mol. The van der Waals surface area contributed by atoms with Crippen LogP contribution in [0.5, 0.6) is 0 Å². The average Bonchev–Trinajstić information content (AvgIpc) is 2.53. The highest BCUT2D eigenvalue weighted by molar-refractivity contribution is 5.90. The van der Waals surface area contributed by atoms with Crippen molar-refractivity contribution in [2.45, 2.75) is 13.3 Å². The molecule has 0 saturated carbocycles. The largest absolute Gasteiger partial charge is 0.456 e. The molecule has 0 saturated heterocycles. The minimum atomic E-state index is -0.125. The molecular weight excluding hydrogens is 276 g/mol. The summed E-state index contributed by atoms with van der Waals surface area (Å²) in [5.41, 5.74) is 8.52. The Morgan fingerprint density at radius 1 is 1.14 bits per heavy atom. The van der Waals surface area contributed by atoms with Crippen LogP contribution >= 0.6 is 0 Å². The Morgan fingerprint density at radius 2 is 1.95 bits per heavy atom. The van der Waals surface area contributed by atoms with E-state index >= 15 is 0 Å². The first-order valence-corrected chi connectivity index (χ1v) is 7.36. The molecule has 0 bridgehead atoms. The molecule has 4 nitrogen and oxygen atoms in total. The lowest BCUT2D eigenvalue weighted by molar-refractivity contribution is 0.619. The summed E-state index contributed by atoms with van der Waals surface area (Å²) < 4.78 is 5.91. The summed E-state index contributed by atoms with van der Waals surface area (Å²) >= 11 is 0. The highest BCUT2D eigenvalue weighted by Crippen LogP contribution is 2.29. The molecule has 0 spiro atoms. The molecule has 3 N–H and O–H groups in total. The zero-order valence-electron chi connectivity index (χ0n) is 12.4. The first kappa shape index (κ1) is 14.2. The molecule has 0 aliphatic heterocycles. The SMILES string of the molecule is CCCNc1ccccc1-c1cc(=O)c2c(N)cccc2o1. The summed E-state index contributed by atoms with van der Waals surface area (Å²) in [5, 5.41) is 3.79. The first-order valence-electron chi connectivity index (χ1n) is 7.36. The van der Waals surface area contributed by atoms with Crippen LogP contribution in [0.3, 0.4) is 0 Å². The lowest BCUT2D eigenvalue weighted by atomic mass is 10.1. The van der Waals surface area contributed by atoms with Crippen molar-refractivity contribution in [3.63, 3.8) is 0 Å². The molecular formula is C18H18N2O2. The van der Waals surface area contributed by atoms with Crippen molar-refractivity contribution in [3.05, 3.63) is 58.8 Å². The molecule has 112 valence electrons. The van der Waals surface area contributed by atoms with Crippen LogP contribution in [0.1, 0.15) is 13.3 Å². The van der Waals surface area contributed by atoms with Crippen LogP contribution in [0.15, 0.2) is 57.7 Å². The van der Waals surface area contributed by atoms with Crippen LogP contribution < -0.4 is 16.5 Å². The minimum absolute atomic E-state index is 0.125. The van der Waals surface area contributed by atoms with E-state index in [1.165, 1.54) is 6.07 Å². The van der Waals surface area contributed by atoms with Gasteiger partial charge in [0.15, 0.2) is 5.43 Å². The molecule has 22 heavy (non-hydrogen) atoms. The summed E-state index contributed by atoms with van der Waals surface area (Å²) in [7, 11) is 0. The molecule has 0 atom stereocenters. The lowest BCUT2D eigenvalue weighted by Crippen LogP contribution is -2.05. The van der Waals surface area contributed by atoms with Crippen molar-refractivity contribution in [1.29, 1.82) is 0 Å². The van der Waals surface area contributed by atoms with Crippen molar-refractivity contribution in [3.8, 4) is 11.3 Å². The molecule has 2 aromatic carbocycles. The van der Waals surface area contributed by atoms with Crippen LogP contribution in [-0.2, 0) is 0 Å². The maximum atomic E-state index is 12.4. The average molecular weight is 294 g/mol. The summed E-state index contributed by atoms with van der Waals surface area (Å²) in [6.07, 6.45) is 1.02. The molecule has 0 unspecified atom stereocenters. The number of nitrogens with one attached hydrogen (secondary N) is 1. The van der Waals surface area contributed by atoms with Gasteiger partial charge in [0.25, 0.3) is 0 Å². The number of nitrogens with two attached hydrogens (primary N) is 1. The molecule has 0 fully saturated rings. The quantitative estimate of drug-likeness (QED) is 0.717. The molecule has 3 aromatic rings. The predicted octanol–water partition coefficient (Wildman–Crippen LogP) is 3.86. The summed E-state index contributed by atoms with van der Waals surface area (Å²) in [4.78, 5) is 12.4. The van der Waals surface area contributed by atoms with E-state index in [9.17, 15) is 4.79 Å². The van der Waals surface area contributed by atoms with E-state index in [0.29, 0.717) is 22.4 Å². The summed E-state index contributed by atoms with van der Waals surface area (Å²) in [5.74, 6) is 0.544. The Bertz CT molecular complexity index is 868. The third-order valence-corrected chi connectivity index (χ3v) is 3.54. The van der Waals surface area contributed by atoms with Crippen molar-refractivity contribution in [2.75, 3.05) is 17.6 Å². The second kappa shape index (κ2) is 5.93. The predicted molar refractivity (Wildman–Crippen MR) is 91.1 cm³/mol. The third kappa shape index (κ3) is 2.55. The van der Waals surface area contributed by atoms with Crippen molar-refractivity contribution >= 4 is 22.3 Å². The van der Waals surface area contributed by atoms with E-state index < -0.39 is 0 Å². The van der Waals surface area contributed by atoms with Gasteiger partial charge in [0.2, 0.25) is 0 Å². The zero-order chi connectivity index (χ0) is 15.5. The van der Waals surface area contributed by atoms with Crippen LogP contribution in [0.25, 0.3) is 22.3 Å². The first-order chi connectivity index (χ1) is 10.7. The smallest absolute Gasteiger partial charge is 0.195 e. The van der Waals surface area contributed by atoms with Crippen LogP contribution in [0.2, 0.25) is 0 Å². The number of rotatable bonds is 4. The normalized spacial score (nSPS) is 10.8. The van der Waals surface area contributed by atoms with E-state index in [0.717, 1.165) is 24.2 Å².